The molecule has 7 heteroatoms. The lowest BCUT2D eigenvalue weighted by Crippen LogP contribution is -2.22. The molecular weight excluding hydrogens is 382 g/mol. The van der Waals surface area contributed by atoms with Crippen molar-refractivity contribution in [2.24, 2.45) is 0 Å². The van der Waals surface area contributed by atoms with Crippen molar-refractivity contribution >= 4 is 38.3 Å². The predicted molar refractivity (Wildman–Crippen MR) is 102 cm³/mol. The van der Waals surface area contributed by atoms with Gasteiger partial charge in [-0.05, 0) is 47.1 Å². The van der Waals surface area contributed by atoms with Crippen molar-refractivity contribution in [2.45, 2.75) is 20.0 Å². The van der Waals surface area contributed by atoms with Crippen LogP contribution in [0.3, 0.4) is 0 Å². The van der Waals surface area contributed by atoms with Gasteiger partial charge in [0.2, 0.25) is 5.78 Å². The number of nitrogens with zero attached hydrogens (tertiary/aromatic N) is 4. The molecule has 4 aromatic rings. The van der Waals surface area contributed by atoms with Gasteiger partial charge in [-0.1, -0.05) is 24.3 Å². The molecule has 25 heavy (non-hydrogen) atoms. The molecule has 0 amide bonds. The van der Waals surface area contributed by atoms with E-state index in [4.69, 9.17) is 0 Å². The van der Waals surface area contributed by atoms with Crippen LogP contribution in [0.1, 0.15) is 12.7 Å². The standard InChI is InChI=1S/C18H16BrN5O/c1-2-23-17(25)12-7-3-6-10-15(12)24-16(21-22-18(23)24)11-20-14-9-5-4-8-13(14)19/h3-10,20H,2,11H2,1H3. The van der Waals surface area contributed by atoms with Gasteiger partial charge in [0.15, 0.2) is 5.82 Å². The number of rotatable bonds is 4. The molecule has 0 aliphatic heterocycles. The fourth-order valence-corrected chi connectivity index (χ4v) is 3.42. The number of anilines is 1. The third kappa shape index (κ3) is 2.60. The van der Waals surface area contributed by atoms with Crippen LogP contribution in [0.25, 0.3) is 16.7 Å². The van der Waals surface area contributed by atoms with Crippen LogP contribution in [0.15, 0.2) is 57.8 Å². The second-order valence-corrected chi connectivity index (χ2v) is 6.51. The van der Waals surface area contributed by atoms with Crippen LogP contribution in [0.2, 0.25) is 0 Å². The molecule has 0 aliphatic carbocycles. The molecule has 4 rings (SSSR count). The summed E-state index contributed by atoms with van der Waals surface area (Å²) >= 11 is 3.53. The molecule has 0 saturated heterocycles. The fraction of sp³-hybridized carbons (Fsp3) is 0.167. The maximum absolute atomic E-state index is 12.7. The zero-order valence-corrected chi connectivity index (χ0v) is 15.2. The number of para-hydroxylation sites is 2. The average Bonchev–Trinajstić information content (AvgIpc) is 3.05. The normalized spacial score (nSPS) is 11.3. The van der Waals surface area contributed by atoms with Crippen LogP contribution in [-0.4, -0.2) is 19.2 Å². The zero-order valence-electron chi connectivity index (χ0n) is 13.6. The summed E-state index contributed by atoms with van der Waals surface area (Å²) in [5.41, 5.74) is 1.76. The van der Waals surface area contributed by atoms with Gasteiger partial charge in [-0.2, -0.15) is 0 Å². The number of hydrogen-bond acceptors (Lipinski definition) is 4. The van der Waals surface area contributed by atoms with E-state index in [-0.39, 0.29) is 5.56 Å². The summed E-state index contributed by atoms with van der Waals surface area (Å²) in [5.74, 6) is 1.32. The maximum atomic E-state index is 12.7. The Hall–Kier alpha value is -2.67. The highest BCUT2D eigenvalue weighted by Crippen LogP contribution is 2.22. The first-order valence-corrected chi connectivity index (χ1v) is 8.84. The summed E-state index contributed by atoms with van der Waals surface area (Å²) in [5, 5.41) is 12.6. The molecule has 0 bridgehead atoms. The van der Waals surface area contributed by atoms with Crippen LogP contribution >= 0.6 is 15.9 Å². The van der Waals surface area contributed by atoms with Gasteiger partial charge in [0.05, 0.1) is 17.4 Å². The summed E-state index contributed by atoms with van der Waals surface area (Å²) in [6.07, 6.45) is 0. The van der Waals surface area contributed by atoms with Crippen molar-refractivity contribution in [3.05, 3.63) is 69.2 Å². The minimum absolute atomic E-state index is 0.0386. The Labute approximate surface area is 152 Å². The third-order valence-corrected chi connectivity index (χ3v) is 4.89. The maximum Gasteiger partial charge on any atom is 0.262 e. The summed E-state index contributed by atoms with van der Waals surface area (Å²) in [6.45, 7) is 2.97. The number of halogens is 1. The van der Waals surface area contributed by atoms with Crippen molar-refractivity contribution in [2.75, 3.05) is 5.32 Å². The Balaban J connectivity index is 1.87. The van der Waals surface area contributed by atoms with Crippen LogP contribution in [0, 0.1) is 0 Å². The highest BCUT2D eigenvalue weighted by molar-refractivity contribution is 9.10. The highest BCUT2D eigenvalue weighted by atomic mass is 79.9. The first kappa shape index (κ1) is 15.8. The van der Waals surface area contributed by atoms with Gasteiger partial charge >= 0.3 is 0 Å². The molecule has 126 valence electrons. The van der Waals surface area contributed by atoms with E-state index < -0.39 is 0 Å². The summed E-state index contributed by atoms with van der Waals surface area (Å²) in [6, 6.07) is 15.5. The van der Waals surface area contributed by atoms with Gasteiger partial charge in [0, 0.05) is 16.7 Å². The number of aromatic nitrogens is 4. The number of fused-ring (bicyclic) bond motifs is 3. The number of aryl methyl sites for hydroxylation is 1. The van der Waals surface area contributed by atoms with Crippen molar-refractivity contribution in [3.63, 3.8) is 0 Å². The lowest BCUT2D eigenvalue weighted by Gasteiger charge is -2.11. The number of hydrogen-bond donors (Lipinski definition) is 1. The van der Waals surface area contributed by atoms with Crippen LogP contribution in [0.5, 0.6) is 0 Å². The first-order valence-electron chi connectivity index (χ1n) is 8.04. The van der Waals surface area contributed by atoms with E-state index in [9.17, 15) is 4.79 Å². The molecule has 0 aliphatic rings. The average molecular weight is 398 g/mol. The van der Waals surface area contributed by atoms with Crippen molar-refractivity contribution < 1.29 is 0 Å². The van der Waals surface area contributed by atoms with Crippen LogP contribution < -0.4 is 10.9 Å². The minimum atomic E-state index is -0.0386. The van der Waals surface area contributed by atoms with E-state index in [1.165, 1.54) is 0 Å². The van der Waals surface area contributed by atoms with Gasteiger partial charge in [0.25, 0.3) is 5.56 Å². The van der Waals surface area contributed by atoms with E-state index in [2.05, 4.69) is 31.4 Å². The van der Waals surface area contributed by atoms with Gasteiger partial charge in [-0.3, -0.25) is 13.8 Å². The van der Waals surface area contributed by atoms with E-state index in [0.717, 1.165) is 21.5 Å². The molecular formula is C18H16BrN5O. The fourth-order valence-electron chi connectivity index (χ4n) is 2.99. The lowest BCUT2D eigenvalue weighted by molar-refractivity contribution is 0.734. The lowest BCUT2D eigenvalue weighted by atomic mass is 10.2. The van der Waals surface area contributed by atoms with Gasteiger partial charge in [-0.25, -0.2) is 0 Å². The summed E-state index contributed by atoms with van der Waals surface area (Å²) < 4.78 is 4.58. The molecule has 0 saturated carbocycles. The quantitative estimate of drug-likeness (QED) is 0.572. The Kier molecular flexibility index (Phi) is 4.01. The van der Waals surface area contributed by atoms with E-state index in [1.807, 2.05) is 59.9 Å². The van der Waals surface area contributed by atoms with E-state index >= 15 is 0 Å². The number of nitrogens with one attached hydrogen (secondary N) is 1. The number of benzene rings is 2. The van der Waals surface area contributed by atoms with Crippen molar-refractivity contribution in [1.29, 1.82) is 0 Å². The van der Waals surface area contributed by atoms with Crippen molar-refractivity contribution in [3.8, 4) is 0 Å². The minimum Gasteiger partial charge on any atom is -0.377 e. The van der Waals surface area contributed by atoms with Gasteiger partial charge in [0.1, 0.15) is 0 Å². The smallest absolute Gasteiger partial charge is 0.262 e. The molecule has 2 aromatic carbocycles. The molecule has 0 fully saturated rings. The SMILES string of the molecule is CCn1c(=O)c2ccccc2n2c(CNc3ccccc3Br)nnc12. The molecule has 1 N–H and O–H groups in total. The van der Waals surface area contributed by atoms with E-state index in [1.54, 1.807) is 4.57 Å². The predicted octanol–water partition coefficient (Wildman–Crippen LogP) is 3.44. The van der Waals surface area contributed by atoms with Gasteiger partial charge in [-0.15, -0.1) is 10.2 Å². The molecule has 6 nitrogen and oxygen atoms in total. The van der Waals surface area contributed by atoms with Gasteiger partial charge < -0.3 is 5.32 Å². The second kappa shape index (κ2) is 6.33. The third-order valence-electron chi connectivity index (χ3n) is 4.20. The molecule has 0 atom stereocenters. The Morgan fingerprint density at radius 1 is 1.08 bits per heavy atom. The highest BCUT2D eigenvalue weighted by Gasteiger charge is 2.15. The van der Waals surface area contributed by atoms with Crippen molar-refractivity contribution in [1.82, 2.24) is 19.2 Å². The molecule has 0 radical (unpaired) electrons. The molecule has 2 heterocycles. The van der Waals surface area contributed by atoms with E-state index in [0.29, 0.717) is 24.3 Å². The molecule has 0 spiro atoms. The summed E-state index contributed by atoms with van der Waals surface area (Å²) in [4.78, 5) is 12.7. The second-order valence-electron chi connectivity index (χ2n) is 5.65. The monoisotopic (exact) mass is 397 g/mol. The Morgan fingerprint density at radius 3 is 2.64 bits per heavy atom. The zero-order chi connectivity index (χ0) is 17.4. The topological polar surface area (TPSA) is 64.2 Å². The molecule has 0 unspecified atom stereocenters. The summed E-state index contributed by atoms with van der Waals surface area (Å²) in [7, 11) is 0. The molecule has 2 aromatic heterocycles. The van der Waals surface area contributed by atoms with Crippen LogP contribution in [0.4, 0.5) is 5.69 Å². The Bertz CT molecular complexity index is 1130. The Morgan fingerprint density at radius 2 is 1.84 bits per heavy atom. The van der Waals surface area contributed by atoms with Crippen LogP contribution in [-0.2, 0) is 13.1 Å². The first-order chi connectivity index (χ1) is 12.2. The largest absolute Gasteiger partial charge is 0.377 e.